The Labute approximate surface area is 110 Å². The standard InChI is InChI=1S/C16H15NO2/c1-16(2,3)10-6-7-13-12(9-10)14(18)11-5-4-8-17-15(11)19-13/h4-9H,1-3H3. The van der Waals surface area contributed by atoms with Gasteiger partial charge in [0.15, 0.2) is 0 Å². The van der Waals surface area contributed by atoms with Gasteiger partial charge in [0.1, 0.15) is 5.58 Å². The van der Waals surface area contributed by atoms with Crippen molar-refractivity contribution in [2.24, 2.45) is 0 Å². The van der Waals surface area contributed by atoms with Gasteiger partial charge >= 0.3 is 0 Å². The summed E-state index contributed by atoms with van der Waals surface area (Å²) in [6, 6.07) is 9.27. The van der Waals surface area contributed by atoms with E-state index in [1.165, 1.54) is 0 Å². The Morgan fingerprint density at radius 3 is 2.63 bits per heavy atom. The topological polar surface area (TPSA) is 43.1 Å². The number of rotatable bonds is 0. The Morgan fingerprint density at radius 2 is 1.89 bits per heavy atom. The summed E-state index contributed by atoms with van der Waals surface area (Å²) in [4.78, 5) is 16.6. The van der Waals surface area contributed by atoms with Gasteiger partial charge in [0.2, 0.25) is 11.1 Å². The molecule has 2 aromatic heterocycles. The summed E-state index contributed by atoms with van der Waals surface area (Å²) in [5, 5.41) is 1.15. The first-order chi connectivity index (χ1) is 8.97. The molecule has 0 bridgehead atoms. The van der Waals surface area contributed by atoms with Gasteiger partial charge in [-0.15, -0.1) is 0 Å². The van der Waals surface area contributed by atoms with Crippen molar-refractivity contribution in [2.75, 3.05) is 0 Å². The van der Waals surface area contributed by atoms with Crippen molar-refractivity contribution in [3.8, 4) is 0 Å². The summed E-state index contributed by atoms with van der Waals surface area (Å²) in [6.45, 7) is 6.37. The number of hydrogen-bond donors (Lipinski definition) is 0. The van der Waals surface area contributed by atoms with E-state index in [1.807, 2.05) is 18.2 Å². The van der Waals surface area contributed by atoms with Crippen molar-refractivity contribution >= 4 is 22.1 Å². The molecule has 3 nitrogen and oxygen atoms in total. The lowest BCUT2D eigenvalue weighted by Crippen LogP contribution is -2.12. The molecule has 0 unspecified atom stereocenters. The zero-order valence-corrected chi connectivity index (χ0v) is 11.2. The highest BCUT2D eigenvalue weighted by Crippen LogP contribution is 2.26. The van der Waals surface area contributed by atoms with E-state index in [0.717, 1.165) is 5.56 Å². The van der Waals surface area contributed by atoms with Gasteiger partial charge in [0.25, 0.3) is 0 Å². The monoisotopic (exact) mass is 253 g/mol. The fraction of sp³-hybridized carbons (Fsp3) is 0.250. The molecule has 0 saturated heterocycles. The Balaban J connectivity index is 2.43. The molecule has 3 rings (SSSR count). The zero-order valence-electron chi connectivity index (χ0n) is 11.2. The average Bonchev–Trinajstić information content (AvgIpc) is 2.37. The van der Waals surface area contributed by atoms with Crippen molar-refractivity contribution in [3.05, 3.63) is 52.3 Å². The van der Waals surface area contributed by atoms with Gasteiger partial charge in [0, 0.05) is 6.20 Å². The van der Waals surface area contributed by atoms with Crippen LogP contribution < -0.4 is 5.43 Å². The molecule has 0 radical (unpaired) electrons. The van der Waals surface area contributed by atoms with Crippen molar-refractivity contribution in [1.82, 2.24) is 4.98 Å². The highest BCUT2D eigenvalue weighted by Gasteiger charge is 2.16. The zero-order chi connectivity index (χ0) is 13.6. The summed E-state index contributed by atoms with van der Waals surface area (Å²) in [5.41, 5.74) is 2.09. The summed E-state index contributed by atoms with van der Waals surface area (Å²) in [7, 11) is 0. The molecule has 0 aliphatic rings. The lowest BCUT2D eigenvalue weighted by molar-refractivity contribution is 0.589. The van der Waals surface area contributed by atoms with E-state index in [0.29, 0.717) is 22.1 Å². The predicted molar refractivity (Wildman–Crippen MR) is 76.5 cm³/mol. The van der Waals surface area contributed by atoms with Crippen LogP contribution in [0.2, 0.25) is 0 Å². The maximum absolute atomic E-state index is 12.5. The maximum atomic E-state index is 12.5. The molecular formula is C16H15NO2. The number of pyridine rings is 1. The van der Waals surface area contributed by atoms with Gasteiger partial charge in [-0.05, 0) is 35.2 Å². The number of fused-ring (bicyclic) bond motifs is 2. The molecule has 1 aromatic carbocycles. The summed E-state index contributed by atoms with van der Waals surface area (Å²) < 4.78 is 5.68. The third-order valence-electron chi connectivity index (χ3n) is 3.31. The van der Waals surface area contributed by atoms with E-state index >= 15 is 0 Å². The first kappa shape index (κ1) is 11.9. The molecule has 3 heteroatoms. The average molecular weight is 253 g/mol. The van der Waals surface area contributed by atoms with Crippen molar-refractivity contribution in [1.29, 1.82) is 0 Å². The Kier molecular flexibility index (Phi) is 2.45. The second-order valence-corrected chi connectivity index (χ2v) is 5.75. The van der Waals surface area contributed by atoms with Crippen LogP contribution >= 0.6 is 0 Å². The van der Waals surface area contributed by atoms with Gasteiger partial charge in [0.05, 0.1) is 10.8 Å². The first-order valence-corrected chi connectivity index (χ1v) is 6.29. The fourth-order valence-corrected chi connectivity index (χ4v) is 2.16. The molecule has 0 aliphatic heterocycles. The minimum atomic E-state index is -0.0181. The predicted octanol–water partition coefficient (Wildman–Crippen LogP) is 3.64. The van der Waals surface area contributed by atoms with E-state index in [9.17, 15) is 4.79 Å². The van der Waals surface area contributed by atoms with Crippen LogP contribution in [0, 0.1) is 0 Å². The van der Waals surface area contributed by atoms with Gasteiger partial charge in [-0.2, -0.15) is 0 Å². The third kappa shape index (κ3) is 1.91. The minimum Gasteiger partial charge on any atom is -0.437 e. The van der Waals surface area contributed by atoms with Crippen LogP contribution in [-0.4, -0.2) is 4.98 Å². The molecule has 0 N–H and O–H groups in total. The summed E-state index contributed by atoms with van der Waals surface area (Å²) in [6.07, 6.45) is 1.63. The smallest absolute Gasteiger partial charge is 0.230 e. The van der Waals surface area contributed by atoms with Gasteiger partial charge < -0.3 is 4.42 Å². The molecule has 0 saturated carbocycles. The second kappa shape index (κ2) is 3.92. The SMILES string of the molecule is CC(C)(C)c1ccc2oc3ncccc3c(=O)c2c1. The Bertz CT molecular complexity index is 825. The highest BCUT2D eigenvalue weighted by atomic mass is 16.3. The molecule has 0 spiro atoms. The van der Waals surface area contributed by atoms with Gasteiger partial charge in [-0.3, -0.25) is 4.79 Å². The van der Waals surface area contributed by atoms with E-state index < -0.39 is 0 Å². The lowest BCUT2D eigenvalue weighted by Gasteiger charge is -2.19. The number of aromatic nitrogens is 1. The molecule has 96 valence electrons. The van der Waals surface area contributed by atoms with Crippen LogP contribution in [-0.2, 0) is 5.41 Å². The largest absolute Gasteiger partial charge is 0.437 e. The quantitative estimate of drug-likeness (QED) is 0.574. The Hall–Kier alpha value is -2.16. The van der Waals surface area contributed by atoms with Crippen LogP contribution in [0.15, 0.2) is 45.7 Å². The molecular weight excluding hydrogens is 238 g/mol. The van der Waals surface area contributed by atoms with Crippen LogP contribution in [0.25, 0.3) is 22.1 Å². The summed E-state index contributed by atoms with van der Waals surface area (Å²) >= 11 is 0. The normalized spacial score (nSPS) is 12.2. The number of benzene rings is 1. The number of hydrogen-bond acceptors (Lipinski definition) is 3. The van der Waals surface area contributed by atoms with Crippen LogP contribution in [0.1, 0.15) is 26.3 Å². The van der Waals surface area contributed by atoms with Gasteiger partial charge in [-0.1, -0.05) is 26.8 Å². The van der Waals surface area contributed by atoms with E-state index in [-0.39, 0.29) is 10.8 Å². The van der Waals surface area contributed by atoms with E-state index in [4.69, 9.17) is 4.42 Å². The van der Waals surface area contributed by atoms with E-state index in [2.05, 4.69) is 25.8 Å². The van der Waals surface area contributed by atoms with Crippen molar-refractivity contribution in [3.63, 3.8) is 0 Å². The third-order valence-corrected chi connectivity index (χ3v) is 3.31. The first-order valence-electron chi connectivity index (χ1n) is 6.29. The fourth-order valence-electron chi connectivity index (χ4n) is 2.16. The van der Waals surface area contributed by atoms with Crippen LogP contribution in [0.3, 0.4) is 0 Å². The molecule has 19 heavy (non-hydrogen) atoms. The molecule has 0 atom stereocenters. The van der Waals surface area contributed by atoms with Crippen LogP contribution in [0.4, 0.5) is 0 Å². The molecule has 0 fully saturated rings. The van der Waals surface area contributed by atoms with Gasteiger partial charge in [-0.25, -0.2) is 4.98 Å². The van der Waals surface area contributed by atoms with Crippen molar-refractivity contribution < 1.29 is 4.42 Å². The summed E-state index contributed by atoms with van der Waals surface area (Å²) in [5.74, 6) is 0. The molecule has 0 amide bonds. The van der Waals surface area contributed by atoms with Crippen molar-refractivity contribution in [2.45, 2.75) is 26.2 Å². The number of nitrogens with zero attached hydrogens (tertiary/aromatic N) is 1. The minimum absolute atomic E-state index is 0.00449. The van der Waals surface area contributed by atoms with E-state index in [1.54, 1.807) is 18.3 Å². The Morgan fingerprint density at radius 1 is 1.11 bits per heavy atom. The maximum Gasteiger partial charge on any atom is 0.230 e. The highest BCUT2D eigenvalue weighted by molar-refractivity contribution is 5.88. The lowest BCUT2D eigenvalue weighted by atomic mass is 9.86. The molecule has 2 heterocycles. The second-order valence-electron chi connectivity index (χ2n) is 5.75. The molecule has 3 aromatic rings. The molecule has 0 aliphatic carbocycles. The van der Waals surface area contributed by atoms with Crippen LogP contribution in [0.5, 0.6) is 0 Å².